The second-order valence-corrected chi connectivity index (χ2v) is 4.89. The number of carbonyl (C=O) groups is 2. The van der Waals surface area contributed by atoms with Crippen molar-refractivity contribution in [1.29, 1.82) is 0 Å². The van der Waals surface area contributed by atoms with Crippen LogP contribution in [0.3, 0.4) is 0 Å². The molecule has 98 valence electrons. The van der Waals surface area contributed by atoms with E-state index in [0.717, 1.165) is 24.2 Å². The summed E-state index contributed by atoms with van der Waals surface area (Å²) in [7, 11) is 0. The summed E-state index contributed by atoms with van der Waals surface area (Å²) in [5.41, 5.74) is 3.63. The summed E-state index contributed by atoms with van der Waals surface area (Å²) in [5, 5.41) is 3.26. The third-order valence-electron chi connectivity index (χ3n) is 3.74. The Bertz CT molecular complexity index is 720. The van der Waals surface area contributed by atoms with Gasteiger partial charge in [0.15, 0.2) is 0 Å². The summed E-state index contributed by atoms with van der Waals surface area (Å²) >= 11 is 0. The Balaban J connectivity index is 1.81. The molecule has 4 rings (SSSR count). The molecule has 0 radical (unpaired) electrons. The van der Waals surface area contributed by atoms with Crippen molar-refractivity contribution in [3.8, 4) is 0 Å². The third-order valence-corrected chi connectivity index (χ3v) is 3.74. The third kappa shape index (κ3) is 1.40. The molecule has 0 saturated carbocycles. The van der Waals surface area contributed by atoms with E-state index in [1.807, 2.05) is 12.1 Å². The molecule has 3 heterocycles. The first-order valence-electron chi connectivity index (χ1n) is 6.45. The van der Waals surface area contributed by atoms with Crippen LogP contribution in [0, 0.1) is 0 Å². The molecule has 0 spiro atoms. The topological polar surface area (TPSA) is 62.3 Å². The second kappa shape index (κ2) is 3.90. The molecule has 0 fully saturated rings. The molecule has 2 aromatic rings. The molecule has 2 amide bonds. The van der Waals surface area contributed by atoms with Crippen molar-refractivity contribution in [1.82, 2.24) is 4.98 Å². The van der Waals surface area contributed by atoms with Gasteiger partial charge in [0, 0.05) is 24.6 Å². The molecule has 1 N–H and O–H groups in total. The number of carbonyl (C=O) groups excluding carboxylic acids is 2. The lowest BCUT2D eigenvalue weighted by Gasteiger charge is -2.15. The first kappa shape index (κ1) is 11.2. The SMILES string of the molecule is O=C1c2ccncc2C(=O)N1c1ccc2c(c1)CCN2. The summed E-state index contributed by atoms with van der Waals surface area (Å²) in [6.07, 6.45) is 3.89. The summed E-state index contributed by atoms with van der Waals surface area (Å²) in [6.45, 7) is 0.894. The van der Waals surface area contributed by atoms with Crippen LogP contribution in [0.15, 0.2) is 36.7 Å². The highest BCUT2D eigenvalue weighted by Gasteiger charge is 2.37. The molecule has 2 aliphatic rings. The minimum atomic E-state index is -0.302. The van der Waals surface area contributed by atoms with Crippen molar-refractivity contribution in [2.45, 2.75) is 6.42 Å². The monoisotopic (exact) mass is 265 g/mol. The van der Waals surface area contributed by atoms with Gasteiger partial charge in [0.05, 0.1) is 16.8 Å². The maximum absolute atomic E-state index is 12.4. The van der Waals surface area contributed by atoms with Crippen molar-refractivity contribution < 1.29 is 9.59 Å². The Morgan fingerprint density at radius 3 is 2.80 bits per heavy atom. The van der Waals surface area contributed by atoms with E-state index in [2.05, 4.69) is 10.3 Å². The molecular weight excluding hydrogens is 254 g/mol. The summed E-state index contributed by atoms with van der Waals surface area (Å²) in [5.74, 6) is -0.581. The minimum absolute atomic E-state index is 0.279. The molecule has 20 heavy (non-hydrogen) atoms. The number of nitrogens with zero attached hydrogens (tertiary/aromatic N) is 2. The van der Waals surface area contributed by atoms with Gasteiger partial charge in [-0.15, -0.1) is 0 Å². The smallest absolute Gasteiger partial charge is 0.267 e. The van der Waals surface area contributed by atoms with E-state index in [-0.39, 0.29) is 11.8 Å². The van der Waals surface area contributed by atoms with Crippen LogP contribution < -0.4 is 10.2 Å². The van der Waals surface area contributed by atoms with Crippen LogP contribution in [0.5, 0.6) is 0 Å². The van der Waals surface area contributed by atoms with Gasteiger partial charge in [-0.1, -0.05) is 0 Å². The van der Waals surface area contributed by atoms with Crippen molar-refractivity contribution in [3.63, 3.8) is 0 Å². The Morgan fingerprint density at radius 2 is 1.95 bits per heavy atom. The normalized spacial score (nSPS) is 16.1. The first-order chi connectivity index (χ1) is 9.75. The lowest BCUT2D eigenvalue weighted by molar-refractivity contribution is 0.0926. The van der Waals surface area contributed by atoms with Gasteiger partial charge in [-0.25, -0.2) is 4.90 Å². The Kier molecular flexibility index (Phi) is 2.18. The number of amides is 2. The number of rotatable bonds is 1. The number of nitrogens with one attached hydrogen (secondary N) is 1. The highest BCUT2D eigenvalue weighted by Crippen LogP contribution is 2.32. The summed E-state index contributed by atoms with van der Waals surface area (Å²) in [4.78, 5) is 29.9. The number of pyridine rings is 1. The fourth-order valence-electron chi connectivity index (χ4n) is 2.75. The first-order valence-corrected chi connectivity index (χ1v) is 6.45. The average Bonchev–Trinajstić information content (AvgIpc) is 3.03. The summed E-state index contributed by atoms with van der Waals surface area (Å²) < 4.78 is 0. The van der Waals surface area contributed by atoms with Gasteiger partial charge in [-0.2, -0.15) is 0 Å². The predicted octanol–water partition coefficient (Wildman–Crippen LogP) is 1.85. The molecule has 1 aromatic carbocycles. The van der Waals surface area contributed by atoms with Gasteiger partial charge in [-0.05, 0) is 36.2 Å². The zero-order chi connectivity index (χ0) is 13.7. The van der Waals surface area contributed by atoms with Gasteiger partial charge in [-0.3, -0.25) is 14.6 Å². The van der Waals surface area contributed by atoms with E-state index in [1.165, 1.54) is 17.3 Å². The van der Waals surface area contributed by atoms with Crippen molar-refractivity contribution in [2.24, 2.45) is 0 Å². The van der Waals surface area contributed by atoms with Crippen molar-refractivity contribution in [3.05, 3.63) is 53.3 Å². The molecule has 1 aromatic heterocycles. The van der Waals surface area contributed by atoms with Crippen LogP contribution in [-0.2, 0) is 6.42 Å². The second-order valence-electron chi connectivity index (χ2n) is 4.89. The number of anilines is 2. The van der Waals surface area contributed by atoms with E-state index in [0.29, 0.717) is 16.8 Å². The van der Waals surface area contributed by atoms with Crippen LogP contribution in [-0.4, -0.2) is 23.3 Å². The number of fused-ring (bicyclic) bond motifs is 2. The molecule has 5 nitrogen and oxygen atoms in total. The Morgan fingerprint density at radius 1 is 1.10 bits per heavy atom. The molecule has 0 unspecified atom stereocenters. The van der Waals surface area contributed by atoms with Crippen molar-refractivity contribution in [2.75, 3.05) is 16.8 Å². The summed E-state index contributed by atoms with van der Waals surface area (Å²) in [6, 6.07) is 7.21. The van der Waals surface area contributed by atoms with Gasteiger partial charge < -0.3 is 5.32 Å². The van der Waals surface area contributed by atoms with Crippen LogP contribution in [0.1, 0.15) is 26.3 Å². The fraction of sp³-hybridized carbons (Fsp3) is 0.133. The molecule has 0 bridgehead atoms. The highest BCUT2D eigenvalue weighted by molar-refractivity contribution is 6.34. The lowest BCUT2D eigenvalue weighted by atomic mass is 10.1. The number of hydrogen-bond acceptors (Lipinski definition) is 4. The number of aromatic nitrogens is 1. The quantitative estimate of drug-likeness (QED) is 0.799. The maximum atomic E-state index is 12.4. The highest BCUT2D eigenvalue weighted by atomic mass is 16.2. The molecule has 0 aliphatic carbocycles. The van der Waals surface area contributed by atoms with Gasteiger partial charge >= 0.3 is 0 Å². The Labute approximate surface area is 115 Å². The number of benzene rings is 1. The Hall–Kier alpha value is -2.69. The van der Waals surface area contributed by atoms with Gasteiger partial charge in [0.2, 0.25) is 0 Å². The predicted molar refractivity (Wildman–Crippen MR) is 74.0 cm³/mol. The number of hydrogen-bond donors (Lipinski definition) is 1. The molecule has 5 heteroatoms. The molecule has 0 saturated heterocycles. The minimum Gasteiger partial charge on any atom is -0.384 e. The van der Waals surface area contributed by atoms with E-state index in [4.69, 9.17) is 0 Å². The van der Waals surface area contributed by atoms with E-state index in [9.17, 15) is 9.59 Å². The largest absolute Gasteiger partial charge is 0.384 e. The number of imide groups is 1. The van der Waals surface area contributed by atoms with Crippen LogP contribution in [0.4, 0.5) is 11.4 Å². The zero-order valence-electron chi connectivity index (χ0n) is 10.6. The van der Waals surface area contributed by atoms with Crippen LogP contribution in [0.2, 0.25) is 0 Å². The zero-order valence-corrected chi connectivity index (χ0v) is 10.6. The molecular formula is C15H11N3O2. The van der Waals surface area contributed by atoms with E-state index >= 15 is 0 Å². The fourth-order valence-corrected chi connectivity index (χ4v) is 2.75. The van der Waals surface area contributed by atoms with E-state index in [1.54, 1.807) is 12.1 Å². The lowest BCUT2D eigenvalue weighted by Crippen LogP contribution is -2.29. The molecule has 2 aliphatic heterocycles. The van der Waals surface area contributed by atoms with Gasteiger partial charge in [0.25, 0.3) is 11.8 Å². The van der Waals surface area contributed by atoms with Gasteiger partial charge in [0.1, 0.15) is 0 Å². The van der Waals surface area contributed by atoms with Crippen LogP contribution >= 0.6 is 0 Å². The maximum Gasteiger partial charge on any atom is 0.267 e. The van der Waals surface area contributed by atoms with Crippen molar-refractivity contribution >= 4 is 23.2 Å². The average molecular weight is 265 g/mol. The molecule has 0 atom stereocenters. The standard InChI is InChI=1S/C15H11N3O2/c19-14-11-4-5-16-8-12(11)15(20)18(14)10-1-2-13-9(7-10)3-6-17-13/h1-2,4-5,7-8,17H,3,6H2. The van der Waals surface area contributed by atoms with E-state index < -0.39 is 0 Å². The van der Waals surface area contributed by atoms with Crippen LogP contribution in [0.25, 0.3) is 0 Å².